The van der Waals surface area contributed by atoms with E-state index in [1.807, 2.05) is 6.92 Å². The molecule has 2 fully saturated rings. The lowest BCUT2D eigenvalue weighted by molar-refractivity contribution is -0.384. The van der Waals surface area contributed by atoms with Gasteiger partial charge in [0.25, 0.3) is 23.4 Å². The maximum Gasteiger partial charge on any atom is 0.273 e. The van der Waals surface area contributed by atoms with E-state index in [1.165, 1.54) is 60.7 Å². The summed E-state index contributed by atoms with van der Waals surface area (Å²) in [7, 11) is 0. The van der Waals surface area contributed by atoms with Crippen molar-refractivity contribution in [2.75, 3.05) is 6.54 Å². The molecule has 10 nitrogen and oxygen atoms in total. The van der Waals surface area contributed by atoms with E-state index in [0.717, 1.165) is 16.4 Å². The number of imide groups is 1. The van der Waals surface area contributed by atoms with Gasteiger partial charge in [-0.05, 0) is 85.8 Å². The van der Waals surface area contributed by atoms with Crippen molar-refractivity contribution in [2.24, 2.45) is 17.8 Å². The number of fused-ring (bicyclic) bond motifs is 1. The molecule has 1 heterocycles. The predicted octanol–water partition coefficient (Wildman–Crippen LogP) is 5.70. The minimum absolute atomic E-state index is 0.0697. The van der Waals surface area contributed by atoms with Crippen molar-refractivity contribution in [3.63, 3.8) is 0 Å². The normalized spacial score (nSPS) is 20.0. The molecule has 0 radical (unpaired) electrons. The number of benzene rings is 3. The Morgan fingerprint density at radius 2 is 1.46 bits per heavy atom. The van der Waals surface area contributed by atoms with Crippen molar-refractivity contribution in [3.05, 3.63) is 99.1 Å². The summed E-state index contributed by atoms with van der Waals surface area (Å²) in [6, 6.07) is 17.6. The fraction of sp³-hybridized carbons (Fsp3) is 0.267. The van der Waals surface area contributed by atoms with E-state index in [-0.39, 0.29) is 22.7 Å². The molecule has 1 saturated heterocycles. The number of rotatable bonds is 8. The van der Waals surface area contributed by atoms with Gasteiger partial charge in [0.2, 0.25) is 0 Å². The van der Waals surface area contributed by atoms with E-state index in [2.05, 4.69) is 0 Å². The number of hydrogen-bond acceptors (Lipinski definition) is 7. The van der Waals surface area contributed by atoms with Crippen LogP contribution in [0.25, 0.3) is 0 Å². The third-order valence-electron chi connectivity index (χ3n) is 7.48. The molecule has 0 bridgehead atoms. The molecule has 3 aromatic carbocycles. The Balaban J connectivity index is 1.37. The Labute approximate surface area is 240 Å². The van der Waals surface area contributed by atoms with Crippen molar-refractivity contribution in [1.82, 2.24) is 10.0 Å². The van der Waals surface area contributed by atoms with Crippen molar-refractivity contribution in [2.45, 2.75) is 26.2 Å². The average molecular weight is 576 g/mol. The predicted molar refractivity (Wildman–Crippen MR) is 148 cm³/mol. The van der Waals surface area contributed by atoms with Crippen molar-refractivity contribution in [3.8, 4) is 11.5 Å². The highest BCUT2D eigenvalue weighted by Crippen LogP contribution is 2.41. The van der Waals surface area contributed by atoms with Gasteiger partial charge in [0, 0.05) is 28.3 Å². The maximum atomic E-state index is 13.6. The minimum atomic E-state index is -0.665. The van der Waals surface area contributed by atoms with Gasteiger partial charge in [0.05, 0.1) is 16.8 Å². The molecule has 1 aliphatic carbocycles. The van der Waals surface area contributed by atoms with Crippen molar-refractivity contribution < 1.29 is 28.8 Å². The van der Waals surface area contributed by atoms with Crippen LogP contribution in [-0.2, 0) is 9.59 Å². The average Bonchev–Trinajstić information content (AvgIpc) is 3.20. The molecule has 2 aliphatic rings. The van der Waals surface area contributed by atoms with Gasteiger partial charge < -0.3 is 4.74 Å². The Morgan fingerprint density at radius 3 is 2.07 bits per heavy atom. The highest BCUT2D eigenvalue weighted by molar-refractivity contribution is 6.30. The topological polar surface area (TPSA) is 127 Å². The highest BCUT2D eigenvalue weighted by Gasteiger charge is 2.52. The molecule has 3 aromatic rings. The Bertz CT molecular complexity index is 1510. The van der Waals surface area contributed by atoms with Crippen LogP contribution in [-0.4, -0.2) is 45.0 Å². The lowest BCUT2D eigenvalue weighted by Gasteiger charge is -2.30. The zero-order valence-corrected chi connectivity index (χ0v) is 22.8. The third kappa shape index (κ3) is 5.83. The Hall–Kier alpha value is -4.57. The van der Waals surface area contributed by atoms with Gasteiger partial charge >= 0.3 is 0 Å². The van der Waals surface area contributed by atoms with E-state index in [0.29, 0.717) is 29.4 Å². The number of Topliss-reactive ketones (excluding diaryl/α,β-unsaturated/α-hetero) is 1. The van der Waals surface area contributed by atoms with Crippen molar-refractivity contribution in [1.29, 1.82) is 0 Å². The summed E-state index contributed by atoms with van der Waals surface area (Å²) in [5.41, 5.74) is 0.345. The van der Waals surface area contributed by atoms with Crippen LogP contribution in [0.2, 0.25) is 5.02 Å². The summed E-state index contributed by atoms with van der Waals surface area (Å²) in [4.78, 5) is 64.2. The number of ketones is 1. The number of carbonyl (C=O) groups excluding carboxylic acids is 4. The lowest BCUT2D eigenvalue weighted by atomic mass is 9.76. The lowest BCUT2D eigenvalue weighted by Crippen LogP contribution is -2.52. The molecule has 0 N–H and O–H groups in total. The number of hydrogen-bond donors (Lipinski definition) is 0. The summed E-state index contributed by atoms with van der Waals surface area (Å²) in [5, 5.41) is 13.1. The van der Waals surface area contributed by atoms with Crippen LogP contribution >= 0.6 is 11.6 Å². The first-order valence-corrected chi connectivity index (χ1v) is 13.5. The molecule has 3 atom stereocenters. The van der Waals surface area contributed by atoms with Crippen LogP contribution < -0.4 is 4.74 Å². The number of hydrazine groups is 1. The van der Waals surface area contributed by atoms with Crippen LogP contribution in [0.5, 0.6) is 11.5 Å². The molecule has 0 unspecified atom stereocenters. The van der Waals surface area contributed by atoms with Gasteiger partial charge in [-0.15, -0.1) is 0 Å². The first-order chi connectivity index (χ1) is 19.6. The van der Waals surface area contributed by atoms with Gasteiger partial charge in [-0.25, -0.2) is 5.01 Å². The second-order valence-corrected chi connectivity index (χ2v) is 10.7. The summed E-state index contributed by atoms with van der Waals surface area (Å²) in [6.45, 7) is 1.50. The van der Waals surface area contributed by atoms with Gasteiger partial charge in [-0.1, -0.05) is 18.5 Å². The van der Waals surface area contributed by atoms with E-state index in [9.17, 15) is 29.3 Å². The van der Waals surface area contributed by atoms with Crippen LogP contribution in [0.1, 0.15) is 46.9 Å². The number of nitro benzene ring substituents is 1. The van der Waals surface area contributed by atoms with E-state index in [1.54, 1.807) is 12.1 Å². The maximum absolute atomic E-state index is 13.6. The van der Waals surface area contributed by atoms with Gasteiger partial charge in [-0.2, -0.15) is 5.01 Å². The summed E-state index contributed by atoms with van der Waals surface area (Å²) < 4.78 is 5.70. The smallest absolute Gasteiger partial charge is 0.273 e. The first kappa shape index (κ1) is 28.0. The molecule has 1 aliphatic heterocycles. The molecule has 1 saturated carbocycles. The van der Waals surface area contributed by atoms with Gasteiger partial charge in [0.1, 0.15) is 18.0 Å². The fourth-order valence-corrected chi connectivity index (χ4v) is 5.42. The van der Waals surface area contributed by atoms with E-state index < -0.39 is 46.8 Å². The first-order valence-electron chi connectivity index (χ1n) is 13.1. The third-order valence-corrected chi connectivity index (χ3v) is 7.74. The molecule has 0 aromatic heterocycles. The Kier molecular flexibility index (Phi) is 7.85. The number of nitrogens with zero attached hydrogens (tertiary/aromatic N) is 3. The molecular weight excluding hydrogens is 550 g/mol. The SMILES string of the molecule is C[C@@H]1CC[C@@H]2C(=O)N(N(CC(=O)c3ccc(Oc4ccc([N+](=O)[O-])cc4)cc3)C(=O)c3ccc(Cl)cc3)C(=O)[C@H]2C1. The number of non-ortho nitro benzene ring substituents is 1. The van der Waals surface area contributed by atoms with Gasteiger partial charge in [0.15, 0.2) is 5.78 Å². The number of carbonyl (C=O) groups is 4. The number of halogens is 1. The highest BCUT2D eigenvalue weighted by atomic mass is 35.5. The standard InChI is InChI=1S/C30H26ClN3O7/c1-18-2-15-25-26(16-18)30(38)33(29(25)37)32(28(36)20-3-7-21(31)8-4-20)17-27(35)19-5-11-23(12-6-19)41-24-13-9-22(10-14-24)34(39)40/h3-14,18,25-26H,2,15-17H2,1H3/t18-,25+,26+/m1/s1. The van der Waals surface area contributed by atoms with Crippen LogP contribution in [0.15, 0.2) is 72.8 Å². The van der Waals surface area contributed by atoms with Gasteiger partial charge in [-0.3, -0.25) is 29.3 Å². The number of ether oxygens (including phenoxy) is 1. The number of nitro groups is 1. The molecule has 3 amide bonds. The molecule has 5 rings (SSSR count). The molecule has 0 spiro atoms. The summed E-state index contributed by atoms with van der Waals surface area (Å²) in [6.07, 6.45) is 1.92. The molecular formula is C30H26ClN3O7. The second-order valence-electron chi connectivity index (χ2n) is 10.3. The molecule has 210 valence electrons. The zero-order chi connectivity index (χ0) is 29.3. The largest absolute Gasteiger partial charge is 0.457 e. The minimum Gasteiger partial charge on any atom is -0.457 e. The fourth-order valence-electron chi connectivity index (χ4n) is 5.29. The van der Waals surface area contributed by atoms with E-state index >= 15 is 0 Å². The second kappa shape index (κ2) is 11.5. The van der Waals surface area contributed by atoms with Crippen LogP contribution in [0.3, 0.4) is 0 Å². The monoisotopic (exact) mass is 575 g/mol. The van der Waals surface area contributed by atoms with Crippen LogP contribution in [0.4, 0.5) is 5.69 Å². The van der Waals surface area contributed by atoms with Crippen molar-refractivity contribution >= 4 is 40.8 Å². The number of amides is 3. The zero-order valence-electron chi connectivity index (χ0n) is 22.1. The Morgan fingerprint density at radius 1 is 0.902 bits per heavy atom. The molecule has 11 heteroatoms. The van der Waals surface area contributed by atoms with E-state index in [4.69, 9.17) is 16.3 Å². The van der Waals surface area contributed by atoms with Crippen LogP contribution in [0, 0.1) is 27.9 Å². The quantitative estimate of drug-likeness (QED) is 0.146. The molecule has 41 heavy (non-hydrogen) atoms. The summed E-state index contributed by atoms with van der Waals surface area (Å²) >= 11 is 5.98. The summed E-state index contributed by atoms with van der Waals surface area (Å²) in [5.74, 6) is -2.07.